The van der Waals surface area contributed by atoms with Gasteiger partial charge in [0, 0.05) is 56.6 Å². The Morgan fingerprint density at radius 3 is 2.61 bits per heavy atom. The van der Waals surface area contributed by atoms with Crippen LogP contribution in [-0.2, 0) is 16.5 Å². The molecule has 0 bridgehead atoms. The van der Waals surface area contributed by atoms with Crippen LogP contribution in [0.4, 0.5) is 25.2 Å². The van der Waals surface area contributed by atoms with Crippen LogP contribution in [0.3, 0.4) is 0 Å². The van der Waals surface area contributed by atoms with Crippen LogP contribution in [0.25, 0.3) is 16.8 Å². The van der Waals surface area contributed by atoms with Crippen molar-refractivity contribution in [3.63, 3.8) is 0 Å². The standard InChI is InChI=1S/C28H35F2N9O5/c1-28(2,3)44-27(41)31-8-11-37-9-7-18(37)16-43-21-15-32-39(26(29)30)24(21)17-6-10-38-19(12-17)13-22(35-38)33-23-14-20(25(40)42-5)36(4)34-23/h6,10,12-15,18,26H,7-9,11,16H2,1-5H3,(H,31,41)(H,33,34,35)/t18-/m1/s1. The van der Waals surface area contributed by atoms with Crippen LogP contribution < -0.4 is 15.4 Å². The molecule has 5 rings (SSSR count). The number of methoxy groups -OCH3 is 1. The van der Waals surface area contributed by atoms with Crippen LogP contribution >= 0.6 is 0 Å². The highest BCUT2D eigenvalue weighted by atomic mass is 19.3. The van der Waals surface area contributed by atoms with Crippen LogP contribution in [0.2, 0.25) is 0 Å². The van der Waals surface area contributed by atoms with E-state index in [2.05, 4.69) is 30.8 Å². The molecule has 0 radical (unpaired) electrons. The number of nitrogens with zero attached hydrogens (tertiary/aromatic N) is 7. The Kier molecular flexibility index (Phi) is 8.71. The average Bonchev–Trinajstić information content (AvgIpc) is 3.65. The van der Waals surface area contributed by atoms with Crippen molar-refractivity contribution >= 4 is 29.2 Å². The first kappa shape index (κ1) is 30.7. The number of fused-ring (bicyclic) bond motifs is 1. The number of rotatable bonds is 11. The van der Waals surface area contributed by atoms with Gasteiger partial charge in [0.1, 0.15) is 23.6 Å². The number of esters is 1. The van der Waals surface area contributed by atoms with Gasteiger partial charge in [0.15, 0.2) is 17.4 Å². The minimum absolute atomic E-state index is 0.0652. The largest absolute Gasteiger partial charge is 0.488 e. The number of nitrogens with one attached hydrogen (secondary N) is 2. The maximum absolute atomic E-state index is 14.0. The lowest BCUT2D eigenvalue weighted by atomic mass is 10.0. The number of carbonyl (C=O) groups is 2. The van der Waals surface area contributed by atoms with E-state index in [1.807, 2.05) is 0 Å². The zero-order valence-corrected chi connectivity index (χ0v) is 25.1. The van der Waals surface area contributed by atoms with Gasteiger partial charge in [0.2, 0.25) is 0 Å². The van der Waals surface area contributed by atoms with E-state index in [4.69, 9.17) is 14.2 Å². The van der Waals surface area contributed by atoms with Crippen molar-refractivity contribution in [2.45, 2.75) is 45.4 Å². The molecule has 1 aliphatic rings. The second-order valence-electron chi connectivity index (χ2n) is 11.3. The predicted molar refractivity (Wildman–Crippen MR) is 155 cm³/mol. The molecule has 14 nitrogen and oxygen atoms in total. The van der Waals surface area contributed by atoms with E-state index in [9.17, 15) is 18.4 Å². The number of amides is 1. The number of anilines is 2. The van der Waals surface area contributed by atoms with Crippen LogP contribution in [0, 0.1) is 0 Å². The molecule has 0 aliphatic carbocycles. The Morgan fingerprint density at radius 2 is 1.93 bits per heavy atom. The Bertz CT molecular complexity index is 1640. The van der Waals surface area contributed by atoms with Gasteiger partial charge in [0.25, 0.3) is 0 Å². The number of aromatic nitrogens is 6. The van der Waals surface area contributed by atoms with E-state index >= 15 is 0 Å². The molecule has 0 saturated carbocycles. The molecule has 4 aromatic heterocycles. The van der Waals surface area contributed by atoms with Crippen molar-refractivity contribution in [2.75, 3.05) is 38.7 Å². The molecule has 2 N–H and O–H groups in total. The smallest absolute Gasteiger partial charge is 0.407 e. The Balaban J connectivity index is 1.26. The molecule has 4 aromatic rings. The zero-order valence-electron chi connectivity index (χ0n) is 25.1. The zero-order chi connectivity index (χ0) is 31.6. The van der Waals surface area contributed by atoms with Gasteiger partial charge in [-0.3, -0.25) is 9.58 Å². The van der Waals surface area contributed by atoms with Gasteiger partial charge >= 0.3 is 18.6 Å². The summed E-state index contributed by atoms with van der Waals surface area (Å²) in [4.78, 5) is 25.9. The van der Waals surface area contributed by atoms with Crippen LogP contribution in [0.5, 0.6) is 5.75 Å². The lowest BCUT2D eigenvalue weighted by Gasteiger charge is -2.40. The van der Waals surface area contributed by atoms with Crippen molar-refractivity contribution in [1.29, 1.82) is 0 Å². The first-order chi connectivity index (χ1) is 20.9. The van der Waals surface area contributed by atoms with Gasteiger partial charge in [-0.2, -0.15) is 28.8 Å². The average molecular weight is 616 g/mol. The Morgan fingerprint density at radius 1 is 1.16 bits per heavy atom. The summed E-state index contributed by atoms with van der Waals surface area (Å²) < 4.78 is 47.6. The quantitative estimate of drug-likeness (QED) is 0.239. The fraction of sp³-hybridized carbons (Fsp3) is 0.464. The van der Waals surface area contributed by atoms with Crippen molar-refractivity contribution in [3.8, 4) is 17.0 Å². The van der Waals surface area contributed by atoms with Gasteiger partial charge < -0.3 is 24.8 Å². The van der Waals surface area contributed by atoms with Crippen molar-refractivity contribution in [1.82, 2.24) is 39.4 Å². The number of pyridine rings is 1. The molecular weight excluding hydrogens is 580 g/mol. The maximum atomic E-state index is 14.0. The number of alkyl carbamates (subject to hydrolysis) is 1. The molecule has 1 atom stereocenters. The Hall–Kier alpha value is -4.73. The SMILES string of the molecule is COC(=O)c1cc(Nc2cc3cc(-c4c(OC[C@H]5CCN5CCNC(=O)OC(C)(C)C)cnn4C(F)F)ccn3n2)nn1C. The van der Waals surface area contributed by atoms with E-state index in [0.29, 0.717) is 40.5 Å². The molecule has 5 heterocycles. The van der Waals surface area contributed by atoms with E-state index in [1.165, 1.54) is 24.1 Å². The molecule has 0 spiro atoms. The van der Waals surface area contributed by atoms with E-state index in [0.717, 1.165) is 13.0 Å². The molecule has 16 heteroatoms. The number of hydrogen-bond acceptors (Lipinski definition) is 10. The van der Waals surface area contributed by atoms with E-state index < -0.39 is 24.2 Å². The fourth-order valence-corrected chi connectivity index (χ4v) is 4.81. The summed E-state index contributed by atoms with van der Waals surface area (Å²) in [6.45, 7) is 4.65. The third kappa shape index (κ3) is 6.90. The number of hydrogen-bond donors (Lipinski definition) is 2. The van der Waals surface area contributed by atoms with E-state index in [1.54, 1.807) is 56.7 Å². The molecule has 44 heavy (non-hydrogen) atoms. The molecule has 0 unspecified atom stereocenters. The number of alkyl halides is 2. The summed E-state index contributed by atoms with van der Waals surface area (Å²) in [6, 6.07) is 6.68. The van der Waals surface area contributed by atoms with Gasteiger partial charge in [-0.25, -0.2) is 14.1 Å². The minimum Gasteiger partial charge on any atom is -0.488 e. The normalized spacial score (nSPS) is 15.3. The molecular formula is C28H35F2N9O5. The third-order valence-electron chi connectivity index (χ3n) is 6.98. The van der Waals surface area contributed by atoms with Crippen LogP contribution in [0.1, 0.15) is 44.2 Å². The molecule has 1 fully saturated rings. The number of ether oxygens (including phenoxy) is 3. The van der Waals surface area contributed by atoms with Gasteiger partial charge in [-0.15, -0.1) is 0 Å². The second kappa shape index (κ2) is 12.5. The van der Waals surface area contributed by atoms with Crippen LogP contribution in [0.15, 0.2) is 36.7 Å². The summed E-state index contributed by atoms with van der Waals surface area (Å²) in [6.07, 6.45) is 3.34. The van der Waals surface area contributed by atoms with Gasteiger partial charge in [0.05, 0.1) is 18.8 Å². The number of carbonyl (C=O) groups excluding carboxylic acids is 2. The minimum atomic E-state index is -2.88. The summed E-state index contributed by atoms with van der Waals surface area (Å²) in [7, 11) is 2.90. The summed E-state index contributed by atoms with van der Waals surface area (Å²) >= 11 is 0. The first-order valence-electron chi connectivity index (χ1n) is 14.0. The summed E-state index contributed by atoms with van der Waals surface area (Å²) in [5.41, 5.74) is 0.912. The van der Waals surface area contributed by atoms with Crippen molar-refractivity contribution < 1.29 is 32.6 Å². The molecule has 0 aromatic carbocycles. The van der Waals surface area contributed by atoms with Crippen molar-refractivity contribution in [2.24, 2.45) is 7.05 Å². The topological polar surface area (TPSA) is 142 Å². The predicted octanol–water partition coefficient (Wildman–Crippen LogP) is 3.83. The van der Waals surface area contributed by atoms with Gasteiger partial charge in [-0.05, 0) is 39.3 Å². The number of likely N-dealkylation sites (tertiary alicyclic amines) is 1. The van der Waals surface area contributed by atoms with E-state index in [-0.39, 0.29) is 29.8 Å². The third-order valence-corrected chi connectivity index (χ3v) is 6.98. The fourth-order valence-electron chi connectivity index (χ4n) is 4.81. The molecule has 1 saturated heterocycles. The lowest BCUT2D eigenvalue weighted by molar-refractivity contribution is 0.0410. The first-order valence-corrected chi connectivity index (χ1v) is 14.0. The molecule has 1 aliphatic heterocycles. The molecule has 1 amide bonds. The summed E-state index contributed by atoms with van der Waals surface area (Å²) in [5, 5.41) is 18.4. The van der Waals surface area contributed by atoms with Crippen LogP contribution in [-0.4, -0.2) is 91.1 Å². The Labute approximate surface area is 251 Å². The second-order valence-corrected chi connectivity index (χ2v) is 11.3. The lowest BCUT2D eigenvalue weighted by Crippen LogP contribution is -2.53. The number of halogens is 2. The highest BCUT2D eigenvalue weighted by molar-refractivity contribution is 5.88. The molecule has 236 valence electrons. The maximum Gasteiger partial charge on any atom is 0.407 e. The van der Waals surface area contributed by atoms with Crippen molar-refractivity contribution in [3.05, 3.63) is 42.4 Å². The summed E-state index contributed by atoms with van der Waals surface area (Å²) in [5.74, 6) is 0.520. The van der Waals surface area contributed by atoms with Gasteiger partial charge in [-0.1, -0.05) is 0 Å². The monoisotopic (exact) mass is 615 g/mol. The highest BCUT2D eigenvalue weighted by Crippen LogP contribution is 2.34. The number of aryl methyl sites for hydroxylation is 1. The highest BCUT2D eigenvalue weighted by Gasteiger charge is 2.30.